The number of rotatable bonds is 8. The molecule has 1 saturated heterocycles. The first-order chi connectivity index (χ1) is 17.4. The van der Waals surface area contributed by atoms with Crippen LogP contribution < -0.4 is 19.7 Å². The number of nitrogens with one attached hydrogen (secondary N) is 1. The van der Waals surface area contributed by atoms with Crippen LogP contribution in [0.1, 0.15) is 11.1 Å². The van der Waals surface area contributed by atoms with Crippen molar-refractivity contribution in [3.05, 3.63) is 92.8 Å². The van der Waals surface area contributed by atoms with Gasteiger partial charge in [-0.05, 0) is 47.5 Å². The van der Waals surface area contributed by atoms with E-state index in [1.165, 1.54) is 23.8 Å². The lowest BCUT2D eigenvalue weighted by Crippen LogP contribution is -2.28. The summed E-state index contributed by atoms with van der Waals surface area (Å²) in [6.07, 6.45) is 1.72. The van der Waals surface area contributed by atoms with Crippen LogP contribution in [0.3, 0.4) is 0 Å². The third-order valence-electron chi connectivity index (χ3n) is 5.13. The lowest BCUT2D eigenvalue weighted by atomic mass is 10.2. The van der Waals surface area contributed by atoms with Crippen molar-refractivity contribution in [2.45, 2.75) is 6.54 Å². The van der Waals surface area contributed by atoms with E-state index in [1.807, 2.05) is 30.3 Å². The Kier molecular flexibility index (Phi) is 8.53. The molecule has 0 bridgehead atoms. The molecule has 0 aliphatic carbocycles. The van der Waals surface area contributed by atoms with Crippen molar-refractivity contribution in [2.24, 2.45) is 0 Å². The van der Waals surface area contributed by atoms with E-state index in [4.69, 9.17) is 44.9 Å². The Morgan fingerprint density at radius 1 is 1.06 bits per heavy atom. The minimum Gasteiger partial charge on any atom is -0.493 e. The molecule has 3 aromatic carbocycles. The molecule has 1 aliphatic rings. The van der Waals surface area contributed by atoms with E-state index in [0.29, 0.717) is 48.6 Å². The Balaban J connectivity index is 1.42. The van der Waals surface area contributed by atoms with Gasteiger partial charge in [-0.1, -0.05) is 83.6 Å². The van der Waals surface area contributed by atoms with Crippen LogP contribution in [0.5, 0.6) is 11.5 Å². The highest BCUT2D eigenvalue weighted by atomic mass is 35.5. The highest BCUT2D eigenvalue weighted by molar-refractivity contribution is 8.27. The summed E-state index contributed by atoms with van der Waals surface area (Å²) in [5.41, 5.74) is 2.25. The SMILES string of the molecule is COc1cc(/C=C2\SC(=S)N(c3ccc(Cl)c(Cl)c3)C2=O)ccc1OCC(=O)NCc1ccccc1. The number of benzene rings is 3. The quantitative estimate of drug-likeness (QED) is 0.266. The van der Waals surface area contributed by atoms with Gasteiger partial charge >= 0.3 is 0 Å². The highest BCUT2D eigenvalue weighted by Crippen LogP contribution is 2.38. The number of hydrogen-bond acceptors (Lipinski definition) is 6. The molecule has 1 aliphatic heterocycles. The van der Waals surface area contributed by atoms with Crippen molar-refractivity contribution >= 4 is 75.1 Å². The van der Waals surface area contributed by atoms with Gasteiger partial charge in [0, 0.05) is 6.54 Å². The van der Waals surface area contributed by atoms with Gasteiger partial charge in [-0.25, -0.2) is 0 Å². The monoisotopic (exact) mass is 558 g/mol. The number of thiocarbonyl (C=S) groups is 1. The summed E-state index contributed by atoms with van der Waals surface area (Å²) in [5.74, 6) is 0.321. The molecule has 2 amide bonds. The van der Waals surface area contributed by atoms with Crippen LogP contribution in [0.15, 0.2) is 71.6 Å². The molecule has 0 atom stereocenters. The van der Waals surface area contributed by atoms with Crippen molar-refractivity contribution in [1.82, 2.24) is 5.32 Å². The van der Waals surface area contributed by atoms with Gasteiger partial charge in [0.1, 0.15) is 0 Å². The Hall–Kier alpha value is -3.04. The van der Waals surface area contributed by atoms with Gasteiger partial charge in [0.2, 0.25) is 0 Å². The van der Waals surface area contributed by atoms with Gasteiger partial charge in [-0.3, -0.25) is 14.5 Å². The molecule has 36 heavy (non-hydrogen) atoms. The fourth-order valence-electron chi connectivity index (χ4n) is 3.35. The maximum Gasteiger partial charge on any atom is 0.270 e. The summed E-state index contributed by atoms with van der Waals surface area (Å²) < 4.78 is 11.5. The fourth-order valence-corrected chi connectivity index (χ4v) is 4.94. The summed E-state index contributed by atoms with van der Waals surface area (Å²) in [7, 11) is 1.51. The molecule has 1 fully saturated rings. The van der Waals surface area contributed by atoms with E-state index < -0.39 is 0 Å². The van der Waals surface area contributed by atoms with Gasteiger partial charge in [0.05, 0.1) is 27.7 Å². The Morgan fingerprint density at radius 3 is 2.56 bits per heavy atom. The second-order valence-electron chi connectivity index (χ2n) is 7.58. The van der Waals surface area contributed by atoms with E-state index in [1.54, 1.807) is 42.5 Å². The van der Waals surface area contributed by atoms with Crippen molar-refractivity contribution in [3.63, 3.8) is 0 Å². The number of halogens is 2. The number of methoxy groups -OCH3 is 1. The Labute approximate surface area is 228 Å². The largest absolute Gasteiger partial charge is 0.493 e. The predicted molar refractivity (Wildman–Crippen MR) is 149 cm³/mol. The zero-order chi connectivity index (χ0) is 25.7. The zero-order valence-corrected chi connectivity index (χ0v) is 22.1. The molecule has 4 rings (SSSR count). The van der Waals surface area contributed by atoms with E-state index >= 15 is 0 Å². The summed E-state index contributed by atoms with van der Waals surface area (Å²) in [4.78, 5) is 27.1. The number of anilines is 1. The number of carbonyl (C=O) groups is 2. The standard InChI is InChI=1S/C26H20Cl2N2O4S2/c1-33-22-11-17(7-10-21(22)34-15-24(31)29-14-16-5-3-2-4-6-16)12-23-25(32)30(26(35)36-23)18-8-9-19(27)20(28)13-18/h2-13H,14-15H2,1H3,(H,29,31)/b23-12-. The minimum absolute atomic E-state index is 0.162. The molecule has 6 nitrogen and oxygen atoms in total. The van der Waals surface area contributed by atoms with Crippen molar-refractivity contribution < 1.29 is 19.1 Å². The first kappa shape index (κ1) is 26.0. The maximum absolute atomic E-state index is 13.1. The third kappa shape index (κ3) is 6.20. The molecule has 0 spiro atoms. The van der Waals surface area contributed by atoms with Crippen molar-refractivity contribution in [1.29, 1.82) is 0 Å². The van der Waals surface area contributed by atoms with Gasteiger partial charge in [0.15, 0.2) is 22.4 Å². The van der Waals surface area contributed by atoms with Gasteiger partial charge in [-0.2, -0.15) is 0 Å². The van der Waals surface area contributed by atoms with Crippen LogP contribution in [-0.4, -0.2) is 29.9 Å². The van der Waals surface area contributed by atoms with Crippen LogP contribution in [0.25, 0.3) is 6.08 Å². The van der Waals surface area contributed by atoms with E-state index in [0.717, 1.165) is 5.56 Å². The zero-order valence-electron chi connectivity index (χ0n) is 19.0. The molecule has 1 heterocycles. The van der Waals surface area contributed by atoms with Crippen molar-refractivity contribution in [3.8, 4) is 11.5 Å². The molecule has 184 valence electrons. The number of nitrogens with zero attached hydrogens (tertiary/aromatic N) is 1. The lowest BCUT2D eigenvalue weighted by Gasteiger charge is -2.15. The number of amides is 2. The van der Waals surface area contributed by atoms with Gasteiger partial charge in [0.25, 0.3) is 11.8 Å². The average Bonchev–Trinajstić information content (AvgIpc) is 3.16. The third-order valence-corrected chi connectivity index (χ3v) is 7.17. The molecule has 1 N–H and O–H groups in total. The normalized spacial score (nSPS) is 14.3. The van der Waals surface area contributed by atoms with Crippen LogP contribution >= 0.6 is 47.2 Å². The lowest BCUT2D eigenvalue weighted by molar-refractivity contribution is -0.123. The number of thioether (sulfide) groups is 1. The summed E-state index contributed by atoms with van der Waals surface area (Å²) in [6.45, 7) is 0.254. The van der Waals surface area contributed by atoms with Crippen LogP contribution in [0.2, 0.25) is 10.0 Å². The summed E-state index contributed by atoms with van der Waals surface area (Å²) in [5, 5.41) is 3.54. The van der Waals surface area contributed by atoms with E-state index in [2.05, 4.69) is 5.32 Å². The molecular formula is C26H20Cl2N2O4S2. The first-order valence-electron chi connectivity index (χ1n) is 10.7. The minimum atomic E-state index is -0.266. The Morgan fingerprint density at radius 2 is 1.83 bits per heavy atom. The van der Waals surface area contributed by atoms with Crippen LogP contribution in [0.4, 0.5) is 5.69 Å². The second-order valence-corrected chi connectivity index (χ2v) is 10.1. The first-order valence-corrected chi connectivity index (χ1v) is 12.7. The van der Waals surface area contributed by atoms with Gasteiger partial charge in [-0.15, -0.1) is 0 Å². The maximum atomic E-state index is 13.1. The molecule has 0 saturated carbocycles. The molecule has 0 aromatic heterocycles. The molecule has 0 radical (unpaired) electrons. The number of hydrogen-bond donors (Lipinski definition) is 1. The number of ether oxygens (including phenoxy) is 2. The predicted octanol–water partition coefficient (Wildman–Crippen LogP) is 6.10. The Bertz CT molecular complexity index is 1350. The molecule has 10 heteroatoms. The summed E-state index contributed by atoms with van der Waals surface area (Å²) in [6, 6.07) is 19.7. The second kappa shape index (κ2) is 11.8. The van der Waals surface area contributed by atoms with Crippen molar-refractivity contribution in [2.75, 3.05) is 18.6 Å². The molecular weight excluding hydrogens is 539 g/mol. The van der Waals surface area contributed by atoms with Crippen LogP contribution in [-0.2, 0) is 16.1 Å². The fraction of sp³-hybridized carbons (Fsp3) is 0.115. The van der Waals surface area contributed by atoms with Crippen LogP contribution in [0, 0.1) is 0 Å². The highest BCUT2D eigenvalue weighted by Gasteiger charge is 2.33. The number of carbonyl (C=O) groups excluding carboxylic acids is 2. The molecule has 0 unspecified atom stereocenters. The van der Waals surface area contributed by atoms with E-state index in [-0.39, 0.29) is 18.4 Å². The smallest absolute Gasteiger partial charge is 0.270 e. The average molecular weight is 559 g/mol. The van der Waals surface area contributed by atoms with E-state index in [9.17, 15) is 9.59 Å². The topological polar surface area (TPSA) is 67.9 Å². The van der Waals surface area contributed by atoms with Gasteiger partial charge < -0.3 is 14.8 Å². The molecule has 3 aromatic rings. The summed E-state index contributed by atoms with van der Waals surface area (Å²) >= 11 is 18.7.